The average molecular weight is 569 g/mol. The zero-order chi connectivity index (χ0) is 28.5. The molecule has 0 aliphatic heterocycles. The van der Waals surface area contributed by atoms with Gasteiger partial charge in [-0.25, -0.2) is 13.1 Å². The van der Waals surface area contributed by atoms with E-state index in [0.717, 1.165) is 29.8 Å². The van der Waals surface area contributed by atoms with E-state index >= 15 is 0 Å². The fourth-order valence-electron chi connectivity index (χ4n) is 4.39. The molecule has 0 bridgehead atoms. The summed E-state index contributed by atoms with van der Waals surface area (Å²) in [5, 5.41) is 7.17. The minimum absolute atomic E-state index is 0.117. The summed E-state index contributed by atoms with van der Waals surface area (Å²) < 4.78 is 66.5. The van der Waals surface area contributed by atoms with E-state index in [1.54, 1.807) is 72.8 Å². The Labute approximate surface area is 230 Å². The summed E-state index contributed by atoms with van der Waals surface area (Å²) in [6, 6.07) is 23.7. The van der Waals surface area contributed by atoms with Crippen molar-refractivity contribution in [3.63, 3.8) is 0 Å². The highest BCUT2D eigenvalue weighted by Crippen LogP contribution is 2.34. The van der Waals surface area contributed by atoms with Crippen molar-refractivity contribution < 1.29 is 26.4 Å². The quantitative estimate of drug-likeness (QED) is 0.264. The number of rotatable bonds is 9. The highest BCUT2D eigenvalue weighted by atomic mass is 32.2. The molecule has 1 aliphatic carbocycles. The fourth-order valence-corrected chi connectivity index (χ4v) is 5.02. The number of carbonyl (C=O) groups excluding carboxylic acids is 1. The Balaban J connectivity index is 1.65. The minimum atomic E-state index is -4.77. The molecule has 1 aliphatic rings. The third-order valence-electron chi connectivity index (χ3n) is 6.65. The highest BCUT2D eigenvalue weighted by Gasteiger charge is 2.38. The lowest BCUT2D eigenvalue weighted by Gasteiger charge is -2.33. The molecule has 1 heterocycles. The van der Waals surface area contributed by atoms with Gasteiger partial charge in [-0.05, 0) is 60.7 Å². The Bertz CT molecular complexity index is 1590. The van der Waals surface area contributed by atoms with Crippen LogP contribution in [0.5, 0.6) is 0 Å². The van der Waals surface area contributed by atoms with Crippen LogP contribution in [0.4, 0.5) is 18.9 Å². The maximum absolute atomic E-state index is 14.3. The van der Waals surface area contributed by atoms with Crippen LogP contribution in [0.2, 0.25) is 0 Å². The SMILES string of the molecule is CS(=O)(=O)c1ccc(C(NCC2CC2)N(C(=O)c2cc(C(F)(F)F)nn2-c2ccccc2)c2ccccc2)cc1. The van der Waals surface area contributed by atoms with E-state index in [4.69, 9.17) is 0 Å². The van der Waals surface area contributed by atoms with Crippen LogP contribution in [0.15, 0.2) is 95.9 Å². The number of nitrogens with one attached hydrogen (secondary N) is 1. The minimum Gasteiger partial charge on any atom is -0.293 e. The molecular formula is C29H27F3N4O3S. The number of anilines is 1. The van der Waals surface area contributed by atoms with Gasteiger partial charge in [-0.2, -0.15) is 18.3 Å². The largest absolute Gasteiger partial charge is 0.435 e. The lowest BCUT2D eigenvalue weighted by molar-refractivity contribution is -0.141. The van der Waals surface area contributed by atoms with Crippen molar-refractivity contribution in [1.29, 1.82) is 0 Å². The van der Waals surface area contributed by atoms with Crippen LogP contribution in [0.25, 0.3) is 5.69 Å². The van der Waals surface area contributed by atoms with Crippen LogP contribution in [0.1, 0.15) is 40.8 Å². The van der Waals surface area contributed by atoms with Crippen LogP contribution in [-0.2, 0) is 16.0 Å². The maximum Gasteiger partial charge on any atom is 0.435 e. The number of sulfone groups is 1. The van der Waals surface area contributed by atoms with Gasteiger partial charge < -0.3 is 0 Å². The Hall–Kier alpha value is -3.96. The first-order valence-electron chi connectivity index (χ1n) is 12.7. The Morgan fingerprint density at radius 3 is 2.15 bits per heavy atom. The van der Waals surface area contributed by atoms with E-state index in [2.05, 4.69) is 10.4 Å². The number of amides is 1. The third-order valence-corrected chi connectivity index (χ3v) is 7.78. The monoisotopic (exact) mass is 568 g/mol. The molecule has 0 radical (unpaired) electrons. The number of para-hydroxylation sites is 2. The van der Waals surface area contributed by atoms with Crippen molar-refractivity contribution in [3.05, 3.63) is 108 Å². The molecule has 11 heteroatoms. The normalized spacial score (nSPS) is 14.6. The van der Waals surface area contributed by atoms with Gasteiger partial charge in [0.15, 0.2) is 15.5 Å². The first-order valence-corrected chi connectivity index (χ1v) is 14.6. The molecule has 208 valence electrons. The van der Waals surface area contributed by atoms with E-state index < -0.39 is 33.8 Å². The summed E-state index contributed by atoms with van der Waals surface area (Å²) in [6.07, 6.45) is -2.41. The number of alkyl halides is 3. The van der Waals surface area contributed by atoms with Crippen LogP contribution in [-0.4, -0.2) is 36.9 Å². The van der Waals surface area contributed by atoms with Crippen molar-refractivity contribution in [2.45, 2.75) is 30.1 Å². The molecule has 1 unspecified atom stereocenters. The van der Waals surface area contributed by atoms with Crippen LogP contribution in [0, 0.1) is 5.92 Å². The van der Waals surface area contributed by atoms with Crippen molar-refractivity contribution in [3.8, 4) is 5.69 Å². The van der Waals surface area contributed by atoms with Crippen LogP contribution < -0.4 is 10.2 Å². The molecule has 5 rings (SSSR count). The second-order valence-corrected chi connectivity index (χ2v) is 11.8. The molecule has 0 saturated heterocycles. The van der Waals surface area contributed by atoms with Crippen molar-refractivity contribution in [2.75, 3.05) is 17.7 Å². The van der Waals surface area contributed by atoms with Gasteiger partial charge in [0.1, 0.15) is 11.9 Å². The molecule has 1 saturated carbocycles. The molecule has 1 aromatic heterocycles. The first kappa shape index (κ1) is 27.6. The summed E-state index contributed by atoms with van der Waals surface area (Å²) >= 11 is 0. The van der Waals surface area contributed by atoms with Crippen molar-refractivity contribution in [1.82, 2.24) is 15.1 Å². The zero-order valence-electron chi connectivity index (χ0n) is 21.5. The number of hydrogen-bond donors (Lipinski definition) is 1. The maximum atomic E-state index is 14.3. The van der Waals surface area contributed by atoms with E-state index in [9.17, 15) is 26.4 Å². The van der Waals surface area contributed by atoms with Gasteiger partial charge in [-0.3, -0.25) is 15.0 Å². The number of nitrogens with zero attached hydrogens (tertiary/aromatic N) is 3. The van der Waals surface area contributed by atoms with Gasteiger partial charge in [-0.15, -0.1) is 0 Å². The summed E-state index contributed by atoms with van der Waals surface area (Å²) in [6.45, 7) is 0.570. The Morgan fingerprint density at radius 2 is 1.60 bits per heavy atom. The van der Waals surface area contributed by atoms with Crippen molar-refractivity contribution >= 4 is 21.4 Å². The lowest BCUT2D eigenvalue weighted by atomic mass is 10.1. The number of carbonyl (C=O) groups is 1. The summed E-state index contributed by atoms with van der Waals surface area (Å²) in [5.74, 6) is -0.296. The van der Waals surface area contributed by atoms with Crippen LogP contribution in [0.3, 0.4) is 0 Å². The van der Waals surface area contributed by atoms with E-state index in [0.29, 0.717) is 29.4 Å². The van der Waals surface area contributed by atoms with E-state index in [1.807, 2.05) is 0 Å². The first-order chi connectivity index (χ1) is 19.0. The standard InChI is InChI=1S/C29H27F3N4O3S/c1-40(38,39)24-16-14-21(15-17-24)27(33-19-20-12-13-20)35(22-8-4-2-5-9-22)28(37)25-18-26(29(30,31)32)34-36(25)23-10-6-3-7-11-23/h2-11,14-18,20,27,33H,12-13,19H2,1H3. The van der Waals surface area contributed by atoms with Crippen molar-refractivity contribution in [2.24, 2.45) is 5.92 Å². The van der Waals surface area contributed by atoms with Gasteiger partial charge in [0.25, 0.3) is 5.91 Å². The third kappa shape index (κ3) is 6.10. The van der Waals surface area contributed by atoms with Gasteiger partial charge >= 0.3 is 6.18 Å². The van der Waals surface area contributed by atoms with E-state index in [1.165, 1.54) is 17.0 Å². The van der Waals surface area contributed by atoms with Gasteiger partial charge in [0.05, 0.1) is 10.6 Å². The number of hydrogen-bond acceptors (Lipinski definition) is 5. The van der Waals surface area contributed by atoms with Gasteiger partial charge in [0, 0.05) is 24.6 Å². The fraction of sp³-hybridized carbons (Fsp3) is 0.241. The summed E-state index contributed by atoms with van der Waals surface area (Å²) in [7, 11) is -3.46. The Morgan fingerprint density at radius 1 is 1.00 bits per heavy atom. The average Bonchev–Trinajstić information content (AvgIpc) is 3.65. The molecule has 40 heavy (non-hydrogen) atoms. The molecule has 1 atom stereocenters. The summed E-state index contributed by atoms with van der Waals surface area (Å²) in [5.41, 5.74) is -0.134. The lowest BCUT2D eigenvalue weighted by Crippen LogP contribution is -2.44. The second kappa shape index (κ2) is 10.9. The topological polar surface area (TPSA) is 84.3 Å². The molecule has 1 fully saturated rings. The molecule has 7 nitrogen and oxygen atoms in total. The molecule has 3 aromatic carbocycles. The predicted octanol–water partition coefficient (Wildman–Crippen LogP) is 5.64. The molecular weight excluding hydrogens is 541 g/mol. The van der Waals surface area contributed by atoms with Crippen LogP contribution >= 0.6 is 0 Å². The zero-order valence-corrected chi connectivity index (χ0v) is 22.4. The number of halogens is 3. The molecule has 1 N–H and O–H groups in total. The van der Waals surface area contributed by atoms with Gasteiger partial charge in [-0.1, -0.05) is 48.5 Å². The van der Waals surface area contributed by atoms with Gasteiger partial charge in [0.2, 0.25) is 0 Å². The number of benzene rings is 3. The summed E-state index contributed by atoms with van der Waals surface area (Å²) in [4.78, 5) is 15.9. The second-order valence-electron chi connectivity index (χ2n) is 9.77. The highest BCUT2D eigenvalue weighted by molar-refractivity contribution is 7.90. The predicted molar refractivity (Wildman–Crippen MR) is 145 cm³/mol. The molecule has 0 spiro atoms. The molecule has 1 amide bonds. The Kier molecular flexibility index (Phi) is 7.52. The molecule has 4 aromatic rings. The van der Waals surface area contributed by atoms with E-state index in [-0.39, 0.29) is 10.6 Å². The number of aromatic nitrogens is 2. The smallest absolute Gasteiger partial charge is 0.293 e.